The van der Waals surface area contributed by atoms with Gasteiger partial charge in [-0.25, -0.2) is 4.79 Å². The Kier molecular flexibility index (Phi) is 6.35. The number of hydrogen-bond acceptors (Lipinski definition) is 4. The zero-order valence-corrected chi connectivity index (χ0v) is 14.3. The molecule has 0 aliphatic heterocycles. The lowest BCUT2D eigenvalue weighted by atomic mass is 10.1. The van der Waals surface area contributed by atoms with Crippen molar-refractivity contribution in [2.24, 2.45) is 0 Å². The van der Waals surface area contributed by atoms with Gasteiger partial charge in [0.05, 0.1) is 6.61 Å². The maximum atomic E-state index is 12.2. The lowest BCUT2D eigenvalue weighted by Gasteiger charge is -2.11. The largest absolute Gasteiger partial charge is 0.493 e. The van der Waals surface area contributed by atoms with Crippen LogP contribution in [0.15, 0.2) is 53.0 Å². The Balaban J connectivity index is 2.05. The van der Waals surface area contributed by atoms with Crippen LogP contribution in [0.4, 0.5) is 0 Å². The van der Waals surface area contributed by atoms with Crippen molar-refractivity contribution in [2.45, 2.75) is 13.3 Å². The summed E-state index contributed by atoms with van der Waals surface area (Å²) >= 11 is 3.32. The topological polar surface area (TPSA) is 52.6 Å². The Bertz CT molecular complexity index is 683. The van der Waals surface area contributed by atoms with Gasteiger partial charge >= 0.3 is 5.97 Å². The van der Waals surface area contributed by atoms with Gasteiger partial charge in [-0.2, -0.15) is 0 Å². The van der Waals surface area contributed by atoms with E-state index in [2.05, 4.69) is 15.9 Å². The Labute approximate surface area is 143 Å². The third-order valence-electron chi connectivity index (χ3n) is 3.05. The fourth-order valence-corrected chi connectivity index (χ4v) is 2.28. The van der Waals surface area contributed by atoms with Crippen LogP contribution < -0.4 is 4.74 Å². The van der Waals surface area contributed by atoms with Gasteiger partial charge in [-0.1, -0.05) is 53.2 Å². The highest BCUT2D eigenvalue weighted by atomic mass is 79.9. The molecule has 0 aromatic heterocycles. The first-order chi connectivity index (χ1) is 11.1. The first-order valence-electron chi connectivity index (χ1n) is 7.29. The zero-order chi connectivity index (χ0) is 16.7. The maximum absolute atomic E-state index is 12.2. The fraction of sp³-hybridized carbons (Fsp3) is 0.222. The number of Topliss-reactive ketones (excluding diaryl/α,β-unsaturated/α-hetero) is 1. The average molecular weight is 377 g/mol. The van der Waals surface area contributed by atoms with Gasteiger partial charge in [0, 0.05) is 10.0 Å². The SMILES string of the molecule is CCCOc1ccc(Br)cc1C(=O)OCC(=O)c1ccccc1. The molecule has 0 amide bonds. The van der Waals surface area contributed by atoms with Gasteiger partial charge in [0.15, 0.2) is 12.4 Å². The van der Waals surface area contributed by atoms with Crippen molar-refractivity contribution in [3.05, 3.63) is 64.1 Å². The Hall–Kier alpha value is -2.14. The van der Waals surface area contributed by atoms with Crippen molar-refractivity contribution in [1.29, 1.82) is 0 Å². The molecule has 0 heterocycles. The molecule has 0 fully saturated rings. The molecular formula is C18H17BrO4. The van der Waals surface area contributed by atoms with E-state index in [1.165, 1.54) is 0 Å². The van der Waals surface area contributed by atoms with Crippen LogP contribution in [0.25, 0.3) is 0 Å². The molecule has 0 saturated heterocycles. The highest BCUT2D eigenvalue weighted by Gasteiger charge is 2.17. The summed E-state index contributed by atoms with van der Waals surface area (Å²) in [6, 6.07) is 13.8. The van der Waals surface area contributed by atoms with Crippen LogP contribution in [0.1, 0.15) is 34.1 Å². The number of carbonyl (C=O) groups is 2. The number of carbonyl (C=O) groups excluding carboxylic acids is 2. The number of rotatable bonds is 7. The first kappa shape index (κ1) is 17.2. The standard InChI is InChI=1S/C18H17BrO4/c1-2-10-22-17-9-8-14(19)11-15(17)18(21)23-12-16(20)13-6-4-3-5-7-13/h3-9,11H,2,10,12H2,1H3. The summed E-state index contributed by atoms with van der Waals surface area (Å²) in [5.41, 5.74) is 0.811. The van der Waals surface area contributed by atoms with Crippen molar-refractivity contribution in [2.75, 3.05) is 13.2 Å². The van der Waals surface area contributed by atoms with Crippen LogP contribution >= 0.6 is 15.9 Å². The van der Waals surface area contributed by atoms with Crippen LogP contribution in [0.3, 0.4) is 0 Å². The maximum Gasteiger partial charge on any atom is 0.342 e. The zero-order valence-electron chi connectivity index (χ0n) is 12.8. The Morgan fingerprint density at radius 2 is 1.83 bits per heavy atom. The molecule has 23 heavy (non-hydrogen) atoms. The molecule has 0 saturated carbocycles. The Morgan fingerprint density at radius 1 is 1.09 bits per heavy atom. The van der Waals surface area contributed by atoms with Crippen LogP contribution in [-0.2, 0) is 4.74 Å². The molecule has 0 aliphatic carbocycles. The second-order valence-electron chi connectivity index (χ2n) is 4.85. The van der Waals surface area contributed by atoms with Crippen LogP contribution in [-0.4, -0.2) is 25.0 Å². The second-order valence-corrected chi connectivity index (χ2v) is 5.77. The fourth-order valence-electron chi connectivity index (χ4n) is 1.92. The third kappa shape index (κ3) is 4.93. The molecular weight excluding hydrogens is 360 g/mol. The molecule has 120 valence electrons. The van der Waals surface area contributed by atoms with Crippen molar-refractivity contribution in [3.63, 3.8) is 0 Å². The van der Waals surface area contributed by atoms with Crippen LogP contribution in [0, 0.1) is 0 Å². The molecule has 2 rings (SSSR count). The number of esters is 1. The normalized spacial score (nSPS) is 10.2. The summed E-state index contributed by atoms with van der Waals surface area (Å²) < 4.78 is 11.4. The molecule has 0 unspecified atom stereocenters. The van der Waals surface area contributed by atoms with E-state index >= 15 is 0 Å². The van der Waals surface area contributed by atoms with Crippen molar-refractivity contribution >= 4 is 27.7 Å². The number of ether oxygens (including phenoxy) is 2. The number of hydrogen-bond donors (Lipinski definition) is 0. The molecule has 0 bridgehead atoms. The first-order valence-corrected chi connectivity index (χ1v) is 8.09. The van der Waals surface area contributed by atoms with Gasteiger partial charge in [-0.15, -0.1) is 0 Å². The predicted molar refractivity (Wildman–Crippen MR) is 91.0 cm³/mol. The van der Waals surface area contributed by atoms with Crippen molar-refractivity contribution < 1.29 is 19.1 Å². The monoisotopic (exact) mass is 376 g/mol. The molecule has 2 aromatic carbocycles. The molecule has 0 spiro atoms. The highest BCUT2D eigenvalue weighted by Crippen LogP contribution is 2.24. The van der Waals surface area contributed by atoms with E-state index in [4.69, 9.17) is 9.47 Å². The minimum atomic E-state index is -0.582. The van der Waals surface area contributed by atoms with E-state index in [9.17, 15) is 9.59 Å². The summed E-state index contributed by atoms with van der Waals surface area (Å²) in [5.74, 6) is -0.376. The second kappa shape index (κ2) is 8.48. The quantitative estimate of drug-likeness (QED) is 0.534. The van der Waals surface area contributed by atoms with E-state index in [1.807, 2.05) is 13.0 Å². The molecule has 5 heteroatoms. The average Bonchev–Trinajstić information content (AvgIpc) is 2.59. The smallest absolute Gasteiger partial charge is 0.342 e. The van der Waals surface area contributed by atoms with Crippen molar-refractivity contribution in [1.82, 2.24) is 0 Å². The lowest BCUT2D eigenvalue weighted by molar-refractivity contribution is 0.0470. The summed E-state index contributed by atoms with van der Waals surface area (Å²) in [6.07, 6.45) is 0.830. The molecule has 4 nitrogen and oxygen atoms in total. The molecule has 0 N–H and O–H groups in total. The highest BCUT2D eigenvalue weighted by molar-refractivity contribution is 9.10. The summed E-state index contributed by atoms with van der Waals surface area (Å²) in [4.78, 5) is 24.2. The van der Waals surface area contributed by atoms with Crippen LogP contribution in [0.5, 0.6) is 5.75 Å². The Morgan fingerprint density at radius 3 is 2.52 bits per heavy atom. The van der Waals surface area contributed by atoms with Gasteiger partial charge in [0.1, 0.15) is 11.3 Å². The number of ketones is 1. The van der Waals surface area contributed by atoms with Crippen molar-refractivity contribution in [3.8, 4) is 5.75 Å². The van der Waals surface area contributed by atoms with Gasteiger partial charge in [-0.05, 0) is 24.6 Å². The van der Waals surface area contributed by atoms with E-state index in [1.54, 1.807) is 42.5 Å². The molecule has 0 atom stereocenters. The van der Waals surface area contributed by atoms with Gasteiger partial charge in [0.25, 0.3) is 0 Å². The number of halogens is 1. The minimum Gasteiger partial charge on any atom is -0.493 e. The van der Waals surface area contributed by atoms with Gasteiger partial charge < -0.3 is 9.47 Å². The van der Waals surface area contributed by atoms with E-state index in [0.29, 0.717) is 23.5 Å². The van der Waals surface area contributed by atoms with E-state index in [0.717, 1.165) is 10.9 Å². The third-order valence-corrected chi connectivity index (χ3v) is 3.55. The predicted octanol–water partition coefficient (Wildman–Crippen LogP) is 4.28. The molecule has 0 aliphatic rings. The van der Waals surface area contributed by atoms with Crippen LogP contribution in [0.2, 0.25) is 0 Å². The van der Waals surface area contributed by atoms with Gasteiger partial charge in [-0.3, -0.25) is 4.79 Å². The summed E-state index contributed by atoms with van der Waals surface area (Å²) in [6.45, 7) is 2.18. The lowest BCUT2D eigenvalue weighted by Crippen LogP contribution is -2.15. The molecule has 2 aromatic rings. The van der Waals surface area contributed by atoms with E-state index in [-0.39, 0.29) is 12.4 Å². The van der Waals surface area contributed by atoms with E-state index < -0.39 is 5.97 Å². The summed E-state index contributed by atoms with van der Waals surface area (Å²) in [5, 5.41) is 0. The summed E-state index contributed by atoms with van der Waals surface area (Å²) in [7, 11) is 0. The number of benzene rings is 2. The van der Waals surface area contributed by atoms with Gasteiger partial charge in [0.2, 0.25) is 0 Å². The minimum absolute atomic E-state index is 0.245. The molecule has 0 radical (unpaired) electrons.